The molecular formula is C16H14O7S. The van der Waals surface area contributed by atoms with Crippen molar-refractivity contribution in [3.63, 3.8) is 0 Å². The molecule has 2 aromatic carbocycles. The summed E-state index contributed by atoms with van der Waals surface area (Å²) in [6, 6.07) is 9.84. The Morgan fingerprint density at radius 2 is 1.62 bits per heavy atom. The molecule has 24 heavy (non-hydrogen) atoms. The predicted molar refractivity (Wildman–Crippen MR) is 84.2 cm³/mol. The normalized spacial score (nSPS) is 11.0. The molecule has 8 heteroatoms. The number of hydrogen-bond acceptors (Lipinski definition) is 5. The van der Waals surface area contributed by atoms with E-state index in [9.17, 15) is 23.1 Å². The lowest BCUT2D eigenvalue weighted by Crippen LogP contribution is -2.11. The van der Waals surface area contributed by atoms with Crippen LogP contribution in [0.1, 0.15) is 26.3 Å². The Labute approximate surface area is 138 Å². The standard InChI is InChI=1S/C16H14O7S/c1-24(21,22)11-7-5-10(6-8-11)9-23-13-4-2-3-12(15(17)18)14(13)16(19)20/h2-8H,9H2,1H3,(H,17,18)(H,19,20). The minimum absolute atomic E-state index is 0.0343. The average molecular weight is 350 g/mol. The summed E-state index contributed by atoms with van der Waals surface area (Å²) in [7, 11) is -3.30. The van der Waals surface area contributed by atoms with Crippen molar-refractivity contribution >= 4 is 21.8 Å². The number of benzene rings is 2. The van der Waals surface area contributed by atoms with Crippen molar-refractivity contribution in [1.29, 1.82) is 0 Å². The molecule has 2 aromatic rings. The average Bonchev–Trinajstić information content (AvgIpc) is 2.51. The van der Waals surface area contributed by atoms with E-state index >= 15 is 0 Å². The smallest absolute Gasteiger partial charge is 0.340 e. The maximum atomic E-state index is 11.4. The van der Waals surface area contributed by atoms with Crippen LogP contribution in [0.4, 0.5) is 0 Å². The molecule has 0 bridgehead atoms. The zero-order chi connectivity index (χ0) is 17.9. The molecule has 0 fully saturated rings. The molecule has 0 saturated heterocycles. The van der Waals surface area contributed by atoms with Gasteiger partial charge in [-0.3, -0.25) is 0 Å². The van der Waals surface area contributed by atoms with Gasteiger partial charge in [0.2, 0.25) is 0 Å². The van der Waals surface area contributed by atoms with Crippen LogP contribution in [0.3, 0.4) is 0 Å². The first-order chi connectivity index (χ1) is 11.2. The van der Waals surface area contributed by atoms with Crippen LogP contribution in [0.25, 0.3) is 0 Å². The van der Waals surface area contributed by atoms with Gasteiger partial charge in [-0.2, -0.15) is 0 Å². The third-order valence-corrected chi connectivity index (χ3v) is 4.34. The predicted octanol–water partition coefficient (Wildman–Crippen LogP) is 2.07. The summed E-state index contributed by atoms with van der Waals surface area (Å²) in [5.74, 6) is -2.85. The molecular weight excluding hydrogens is 336 g/mol. The summed E-state index contributed by atoms with van der Waals surface area (Å²) < 4.78 is 28.2. The van der Waals surface area contributed by atoms with Crippen molar-refractivity contribution in [3.05, 3.63) is 59.2 Å². The van der Waals surface area contributed by atoms with E-state index in [-0.39, 0.29) is 22.8 Å². The number of rotatable bonds is 6. The third kappa shape index (κ3) is 3.90. The van der Waals surface area contributed by atoms with Crippen molar-refractivity contribution in [2.24, 2.45) is 0 Å². The molecule has 0 spiro atoms. The molecule has 2 rings (SSSR count). The van der Waals surface area contributed by atoms with E-state index in [4.69, 9.17) is 9.84 Å². The lowest BCUT2D eigenvalue weighted by atomic mass is 10.1. The van der Waals surface area contributed by atoms with Crippen LogP contribution in [0, 0.1) is 0 Å². The maximum absolute atomic E-state index is 11.4. The first kappa shape index (κ1) is 17.5. The van der Waals surface area contributed by atoms with E-state index in [0.717, 1.165) is 6.26 Å². The van der Waals surface area contributed by atoms with E-state index in [1.807, 2.05) is 0 Å². The largest absolute Gasteiger partial charge is 0.488 e. The quantitative estimate of drug-likeness (QED) is 0.818. The summed E-state index contributed by atoms with van der Waals surface area (Å²) in [4.78, 5) is 22.6. The summed E-state index contributed by atoms with van der Waals surface area (Å²) in [6.07, 6.45) is 1.09. The fraction of sp³-hybridized carbons (Fsp3) is 0.125. The van der Waals surface area contributed by atoms with Gasteiger partial charge in [0.25, 0.3) is 0 Å². The highest BCUT2D eigenvalue weighted by Gasteiger charge is 2.21. The highest BCUT2D eigenvalue weighted by molar-refractivity contribution is 7.90. The highest BCUT2D eigenvalue weighted by atomic mass is 32.2. The number of hydrogen-bond donors (Lipinski definition) is 2. The minimum atomic E-state index is -3.30. The molecule has 0 aromatic heterocycles. The van der Waals surface area contributed by atoms with Crippen LogP contribution in [0.5, 0.6) is 5.75 Å². The van der Waals surface area contributed by atoms with Gasteiger partial charge >= 0.3 is 11.9 Å². The molecule has 0 amide bonds. The molecule has 0 aliphatic rings. The van der Waals surface area contributed by atoms with E-state index in [1.54, 1.807) is 0 Å². The summed E-state index contributed by atoms with van der Waals surface area (Å²) in [5.41, 5.74) is -0.190. The molecule has 0 unspecified atom stereocenters. The van der Waals surface area contributed by atoms with Gasteiger partial charge in [0, 0.05) is 6.26 Å². The fourth-order valence-electron chi connectivity index (χ4n) is 2.04. The van der Waals surface area contributed by atoms with Crippen LogP contribution in [0.15, 0.2) is 47.4 Å². The van der Waals surface area contributed by atoms with Crippen molar-refractivity contribution in [2.45, 2.75) is 11.5 Å². The van der Waals surface area contributed by atoms with E-state index < -0.39 is 27.3 Å². The van der Waals surface area contributed by atoms with Crippen LogP contribution >= 0.6 is 0 Å². The zero-order valence-electron chi connectivity index (χ0n) is 12.6. The molecule has 7 nitrogen and oxygen atoms in total. The molecule has 0 aliphatic carbocycles. The van der Waals surface area contributed by atoms with Crippen LogP contribution in [0.2, 0.25) is 0 Å². The van der Waals surface area contributed by atoms with Gasteiger partial charge < -0.3 is 14.9 Å². The van der Waals surface area contributed by atoms with Gasteiger partial charge in [-0.1, -0.05) is 18.2 Å². The SMILES string of the molecule is CS(=O)(=O)c1ccc(COc2cccc(C(=O)O)c2C(=O)O)cc1. The van der Waals surface area contributed by atoms with Crippen molar-refractivity contribution < 1.29 is 33.0 Å². The van der Waals surface area contributed by atoms with E-state index in [2.05, 4.69) is 0 Å². The highest BCUT2D eigenvalue weighted by Crippen LogP contribution is 2.24. The first-order valence-electron chi connectivity index (χ1n) is 6.71. The van der Waals surface area contributed by atoms with E-state index in [0.29, 0.717) is 5.56 Å². The summed E-state index contributed by atoms with van der Waals surface area (Å²) in [5, 5.41) is 18.3. The van der Waals surface area contributed by atoms with Crippen LogP contribution < -0.4 is 4.74 Å². The Kier molecular flexibility index (Phi) is 4.89. The second-order valence-electron chi connectivity index (χ2n) is 4.99. The topological polar surface area (TPSA) is 118 Å². The van der Waals surface area contributed by atoms with Gasteiger partial charge in [0.15, 0.2) is 9.84 Å². The number of carboxylic acid groups (broad SMARTS) is 2. The van der Waals surface area contributed by atoms with Crippen LogP contribution in [-0.4, -0.2) is 36.8 Å². The number of ether oxygens (including phenoxy) is 1. The summed E-state index contributed by atoms with van der Waals surface area (Å²) >= 11 is 0. The number of carboxylic acids is 2. The number of carbonyl (C=O) groups is 2. The molecule has 0 aliphatic heterocycles. The zero-order valence-corrected chi connectivity index (χ0v) is 13.4. The molecule has 0 radical (unpaired) electrons. The van der Waals surface area contributed by atoms with Crippen molar-refractivity contribution in [1.82, 2.24) is 0 Å². The van der Waals surface area contributed by atoms with Gasteiger partial charge in [0.05, 0.1) is 10.5 Å². The molecule has 0 saturated carbocycles. The Morgan fingerprint density at radius 1 is 1.00 bits per heavy atom. The molecule has 0 heterocycles. The maximum Gasteiger partial charge on any atom is 0.340 e. The lowest BCUT2D eigenvalue weighted by Gasteiger charge is -2.11. The summed E-state index contributed by atoms with van der Waals surface area (Å²) in [6.45, 7) is -0.0343. The number of aromatic carboxylic acids is 2. The minimum Gasteiger partial charge on any atom is -0.488 e. The Balaban J connectivity index is 2.25. The monoisotopic (exact) mass is 350 g/mol. The van der Waals surface area contributed by atoms with Gasteiger partial charge in [-0.25, -0.2) is 18.0 Å². The van der Waals surface area contributed by atoms with Crippen molar-refractivity contribution in [3.8, 4) is 5.75 Å². The molecule has 2 N–H and O–H groups in total. The number of sulfone groups is 1. The second kappa shape index (κ2) is 6.71. The Morgan fingerprint density at radius 3 is 2.12 bits per heavy atom. The van der Waals surface area contributed by atoms with E-state index in [1.165, 1.54) is 42.5 Å². The fourth-order valence-corrected chi connectivity index (χ4v) is 2.67. The van der Waals surface area contributed by atoms with Crippen molar-refractivity contribution in [2.75, 3.05) is 6.26 Å². The van der Waals surface area contributed by atoms with Gasteiger partial charge in [-0.05, 0) is 29.8 Å². The second-order valence-corrected chi connectivity index (χ2v) is 7.01. The van der Waals surface area contributed by atoms with Gasteiger partial charge in [-0.15, -0.1) is 0 Å². The van der Waals surface area contributed by atoms with Gasteiger partial charge in [0.1, 0.15) is 17.9 Å². The Hall–Kier alpha value is -2.87. The Bertz CT molecular complexity index is 883. The third-order valence-electron chi connectivity index (χ3n) is 3.22. The first-order valence-corrected chi connectivity index (χ1v) is 8.60. The molecule has 126 valence electrons. The lowest BCUT2D eigenvalue weighted by molar-refractivity contribution is 0.0647. The van der Waals surface area contributed by atoms with Crippen LogP contribution in [-0.2, 0) is 16.4 Å². The molecule has 0 atom stereocenters.